The quantitative estimate of drug-likeness (QED) is 0.760. The summed E-state index contributed by atoms with van der Waals surface area (Å²) < 4.78 is 13.3. The molecule has 0 bridgehead atoms. The smallest absolute Gasteiger partial charge is 0.322 e. The van der Waals surface area contributed by atoms with Crippen molar-refractivity contribution in [1.82, 2.24) is 14.8 Å². The number of hydrogen-bond donors (Lipinski definition) is 2. The van der Waals surface area contributed by atoms with Crippen LogP contribution in [0.5, 0.6) is 0 Å². The van der Waals surface area contributed by atoms with Gasteiger partial charge in [0.05, 0.1) is 30.5 Å². The van der Waals surface area contributed by atoms with Crippen LogP contribution in [0.2, 0.25) is 0 Å². The molecule has 0 aliphatic carbocycles. The molecule has 1 fully saturated rings. The van der Waals surface area contributed by atoms with Crippen LogP contribution < -0.4 is 5.32 Å². The highest BCUT2D eigenvalue weighted by molar-refractivity contribution is 5.89. The summed E-state index contributed by atoms with van der Waals surface area (Å²) in [5.74, 6) is -0.0370. The second-order valence-electron chi connectivity index (χ2n) is 9.31. The van der Waals surface area contributed by atoms with Crippen LogP contribution in [0.4, 0.5) is 14.9 Å². The van der Waals surface area contributed by atoms with Crippen molar-refractivity contribution in [3.63, 3.8) is 0 Å². The van der Waals surface area contributed by atoms with Gasteiger partial charge < -0.3 is 20.2 Å². The van der Waals surface area contributed by atoms with E-state index in [0.717, 1.165) is 24.1 Å². The fourth-order valence-electron chi connectivity index (χ4n) is 4.36. The number of likely N-dealkylation sites (tertiary alicyclic amines) is 1. The number of anilines is 1. The molecule has 170 valence electrons. The van der Waals surface area contributed by atoms with Crippen LogP contribution in [0.25, 0.3) is 0 Å². The number of amides is 3. The van der Waals surface area contributed by atoms with Gasteiger partial charge in [-0.05, 0) is 61.9 Å². The molecule has 2 aliphatic heterocycles. The van der Waals surface area contributed by atoms with Crippen LogP contribution >= 0.6 is 0 Å². The van der Waals surface area contributed by atoms with Crippen molar-refractivity contribution in [1.29, 1.82) is 0 Å². The predicted octanol–water partition coefficient (Wildman–Crippen LogP) is 3.64. The summed E-state index contributed by atoms with van der Waals surface area (Å²) in [7, 11) is 0. The van der Waals surface area contributed by atoms with Gasteiger partial charge in [0, 0.05) is 25.3 Å². The first kappa shape index (κ1) is 22.2. The minimum atomic E-state index is -0.987. The minimum Gasteiger partial charge on any atom is -0.390 e. The molecular formula is C24H29FN4O3. The molecule has 2 aromatic rings. The summed E-state index contributed by atoms with van der Waals surface area (Å²) >= 11 is 0. The van der Waals surface area contributed by atoms with E-state index < -0.39 is 11.4 Å². The van der Waals surface area contributed by atoms with Crippen LogP contribution in [0, 0.1) is 5.82 Å². The lowest BCUT2D eigenvalue weighted by Gasteiger charge is -2.33. The molecule has 0 spiro atoms. The molecule has 3 amide bonds. The third kappa shape index (κ3) is 5.24. The monoisotopic (exact) mass is 440 g/mol. The number of nitrogens with one attached hydrogen (secondary N) is 1. The third-order valence-electron chi connectivity index (χ3n) is 6.08. The first-order valence-corrected chi connectivity index (χ1v) is 11.0. The highest BCUT2D eigenvalue weighted by Gasteiger charge is 2.28. The number of carbonyl (C=O) groups is 2. The molecule has 8 heteroatoms. The number of pyridine rings is 1. The van der Waals surface area contributed by atoms with Crippen molar-refractivity contribution in [2.24, 2.45) is 0 Å². The van der Waals surface area contributed by atoms with Gasteiger partial charge in [0.15, 0.2) is 0 Å². The fourth-order valence-corrected chi connectivity index (χ4v) is 4.36. The highest BCUT2D eigenvalue weighted by Crippen LogP contribution is 2.30. The molecule has 1 aromatic carbocycles. The van der Waals surface area contributed by atoms with E-state index in [9.17, 15) is 19.1 Å². The molecule has 0 unspecified atom stereocenters. The predicted molar refractivity (Wildman–Crippen MR) is 118 cm³/mol. The molecule has 0 atom stereocenters. The van der Waals surface area contributed by atoms with Crippen molar-refractivity contribution in [2.45, 2.75) is 57.7 Å². The molecule has 7 nitrogen and oxygen atoms in total. The topological polar surface area (TPSA) is 85.8 Å². The average Bonchev–Trinajstić information content (AvgIpc) is 3.17. The lowest BCUT2D eigenvalue weighted by molar-refractivity contribution is -0.136. The van der Waals surface area contributed by atoms with E-state index in [1.807, 2.05) is 29.2 Å². The van der Waals surface area contributed by atoms with E-state index in [1.54, 1.807) is 18.7 Å². The van der Waals surface area contributed by atoms with E-state index in [-0.39, 0.29) is 18.4 Å². The number of piperidine rings is 1. The average molecular weight is 441 g/mol. The number of urea groups is 1. The van der Waals surface area contributed by atoms with Gasteiger partial charge in [-0.25, -0.2) is 9.18 Å². The number of fused-ring (bicyclic) bond motifs is 1. The van der Waals surface area contributed by atoms with E-state index in [0.29, 0.717) is 37.8 Å². The number of carbonyl (C=O) groups excluding carboxylic acids is 2. The van der Waals surface area contributed by atoms with Gasteiger partial charge in [-0.3, -0.25) is 9.78 Å². The maximum absolute atomic E-state index is 13.3. The number of aromatic nitrogens is 1. The van der Waals surface area contributed by atoms with Crippen LogP contribution in [-0.4, -0.2) is 50.5 Å². The molecule has 2 N–H and O–H groups in total. The summed E-state index contributed by atoms with van der Waals surface area (Å²) in [5.41, 5.74) is 2.36. The van der Waals surface area contributed by atoms with E-state index in [1.165, 1.54) is 17.8 Å². The number of hydrogen-bond acceptors (Lipinski definition) is 4. The van der Waals surface area contributed by atoms with Crippen LogP contribution in [-0.2, 0) is 17.9 Å². The number of nitrogens with zero attached hydrogens (tertiary/aromatic N) is 3. The van der Waals surface area contributed by atoms with Gasteiger partial charge in [0.2, 0.25) is 5.91 Å². The number of rotatable bonds is 4. The summed E-state index contributed by atoms with van der Waals surface area (Å²) in [4.78, 5) is 32.4. The van der Waals surface area contributed by atoms with E-state index in [2.05, 4.69) is 10.3 Å². The van der Waals surface area contributed by atoms with E-state index >= 15 is 0 Å². The second-order valence-corrected chi connectivity index (χ2v) is 9.31. The Kier molecular flexibility index (Phi) is 6.15. The highest BCUT2D eigenvalue weighted by atomic mass is 19.1. The Morgan fingerprint density at radius 1 is 1.16 bits per heavy atom. The zero-order chi connectivity index (χ0) is 22.9. The van der Waals surface area contributed by atoms with Crippen molar-refractivity contribution < 1.29 is 19.1 Å². The normalized spacial score (nSPS) is 16.8. The third-order valence-corrected chi connectivity index (χ3v) is 6.08. The molecule has 3 heterocycles. The SMILES string of the molecule is CC(C)(O)CC(=O)N1CCC(c2ccc(NC(=O)N3Cc4cc(F)cnc4C3)cc2)CC1. The van der Waals surface area contributed by atoms with Crippen molar-refractivity contribution in [3.8, 4) is 0 Å². The maximum Gasteiger partial charge on any atom is 0.322 e. The standard InChI is InChI=1S/C24H29FN4O3/c1-24(2,32)12-22(30)28-9-7-17(8-10-28)16-3-5-20(6-4-16)27-23(31)29-14-18-11-19(25)13-26-21(18)15-29/h3-6,11,13,17,32H,7-10,12,14-15H2,1-2H3,(H,27,31). The molecule has 0 radical (unpaired) electrons. The Balaban J connectivity index is 1.29. The van der Waals surface area contributed by atoms with Gasteiger partial charge in [-0.15, -0.1) is 0 Å². The Hall–Kier alpha value is -3.00. The van der Waals surface area contributed by atoms with Crippen molar-refractivity contribution >= 4 is 17.6 Å². The lowest BCUT2D eigenvalue weighted by Crippen LogP contribution is -2.41. The number of aliphatic hydroxyl groups is 1. The molecule has 1 saturated heterocycles. The lowest BCUT2D eigenvalue weighted by atomic mass is 9.89. The zero-order valence-corrected chi connectivity index (χ0v) is 18.5. The Labute approximate surface area is 187 Å². The van der Waals surface area contributed by atoms with E-state index in [4.69, 9.17) is 0 Å². The van der Waals surface area contributed by atoms with Crippen LogP contribution in [0.15, 0.2) is 36.5 Å². The van der Waals surface area contributed by atoms with Gasteiger partial charge in [0.25, 0.3) is 0 Å². The molecule has 32 heavy (non-hydrogen) atoms. The van der Waals surface area contributed by atoms with Gasteiger partial charge in [0.1, 0.15) is 5.82 Å². The Morgan fingerprint density at radius 2 is 1.84 bits per heavy atom. The number of benzene rings is 1. The van der Waals surface area contributed by atoms with Gasteiger partial charge in [-0.2, -0.15) is 0 Å². The minimum absolute atomic E-state index is 0.00369. The molecular weight excluding hydrogens is 411 g/mol. The summed E-state index contributed by atoms with van der Waals surface area (Å²) in [5, 5.41) is 12.8. The zero-order valence-electron chi connectivity index (χ0n) is 18.5. The number of halogens is 1. The van der Waals surface area contributed by atoms with Crippen LogP contribution in [0.3, 0.4) is 0 Å². The van der Waals surface area contributed by atoms with Crippen molar-refractivity contribution in [2.75, 3.05) is 18.4 Å². The van der Waals surface area contributed by atoms with Crippen molar-refractivity contribution in [3.05, 3.63) is 59.2 Å². The first-order valence-electron chi connectivity index (χ1n) is 11.0. The molecule has 1 aromatic heterocycles. The second kappa shape index (κ2) is 8.86. The molecule has 0 saturated carbocycles. The van der Waals surface area contributed by atoms with Gasteiger partial charge >= 0.3 is 6.03 Å². The fraction of sp³-hybridized carbons (Fsp3) is 0.458. The summed E-state index contributed by atoms with van der Waals surface area (Å²) in [6, 6.07) is 9.00. The largest absolute Gasteiger partial charge is 0.390 e. The maximum atomic E-state index is 13.3. The van der Waals surface area contributed by atoms with Gasteiger partial charge in [-0.1, -0.05) is 12.1 Å². The molecule has 2 aliphatic rings. The summed E-state index contributed by atoms with van der Waals surface area (Å²) in [6.07, 6.45) is 3.06. The summed E-state index contributed by atoms with van der Waals surface area (Å²) in [6.45, 7) is 5.37. The van der Waals surface area contributed by atoms with Crippen LogP contribution in [0.1, 0.15) is 55.8 Å². The molecule has 4 rings (SSSR count). The Morgan fingerprint density at radius 3 is 2.50 bits per heavy atom. The first-order chi connectivity index (χ1) is 15.2. The Bertz CT molecular complexity index is 995.